The Labute approximate surface area is 214 Å². The molecular formula is C27H28ClFN2O5. The smallest absolute Gasteiger partial charge is 0.337 e. The molecule has 36 heavy (non-hydrogen) atoms. The highest BCUT2D eigenvalue weighted by atomic mass is 35.5. The molecule has 2 N–H and O–H groups in total. The maximum atomic E-state index is 13.2. The molecule has 0 radical (unpaired) electrons. The van der Waals surface area contributed by atoms with Crippen LogP contribution in [-0.4, -0.2) is 44.0 Å². The fourth-order valence-electron chi connectivity index (χ4n) is 3.96. The summed E-state index contributed by atoms with van der Waals surface area (Å²) in [4.78, 5) is 13.9. The molecule has 0 spiro atoms. The van der Waals surface area contributed by atoms with Gasteiger partial charge in [0, 0.05) is 25.3 Å². The normalized spacial score (nSPS) is 13.4. The number of aromatic carboxylic acids is 1. The van der Waals surface area contributed by atoms with Gasteiger partial charge in [0.15, 0.2) is 11.5 Å². The van der Waals surface area contributed by atoms with Crippen LogP contribution >= 0.6 is 11.6 Å². The van der Waals surface area contributed by atoms with Crippen LogP contribution in [0.3, 0.4) is 0 Å². The number of carboxylic acids is 1. The van der Waals surface area contributed by atoms with Crippen LogP contribution in [0.1, 0.15) is 28.4 Å². The van der Waals surface area contributed by atoms with Crippen molar-refractivity contribution in [2.45, 2.75) is 20.1 Å². The highest BCUT2D eigenvalue weighted by Crippen LogP contribution is 2.37. The Morgan fingerprint density at radius 1 is 1.08 bits per heavy atom. The summed E-state index contributed by atoms with van der Waals surface area (Å²) < 4.78 is 30.2. The van der Waals surface area contributed by atoms with E-state index in [0.717, 1.165) is 11.1 Å². The van der Waals surface area contributed by atoms with Crippen molar-refractivity contribution in [2.75, 3.05) is 43.1 Å². The van der Waals surface area contributed by atoms with Gasteiger partial charge in [-0.2, -0.15) is 0 Å². The first kappa shape index (κ1) is 25.6. The van der Waals surface area contributed by atoms with Gasteiger partial charge in [0.25, 0.3) is 0 Å². The minimum absolute atomic E-state index is 0.213. The Hall–Kier alpha value is -3.49. The number of ether oxygens (including phenoxy) is 3. The number of halogens is 2. The first-order valence-electron chi connectivity index (χ1n) is 11.7. The number of nitrogens with zero attached hydrogens (tertiary/aromatic N) is 1. The zero-order chi connectivity index (χ0) is 25.5. The predicted octanol–water partition coefficient (Wildman–Crippen LogP) is 5.60. The summed E-state index contributed by atoms with van der Waals surface area (Å²) in [7, 11) is 0. The van der Waals surface area contributed by atoms with Crippen LogP contribution in [0.5, 0.6) is 11.5 Å². The van der Waals surface area contributed by atoms with Crippen LogP contribution in [0.25, 0.3) is 0 Å². The standard InChI is InChI=1S/C27H28ClFN2O5/c1-2-35-25-14-19(13-23(28)26(25)36-17-18-3-5-20(29)6-4-18)16-30-21-7-8-24(22(15-21)27(32)33)31-9-11-34-12-10-31/h3-8,13-15,30H,2,9-12,16-17H2,1H3,(H,32,33). The van der Waals surface area contributed by atoms with Crippen LogP contribution in [-0.2, 0) is 17.9 Å². The van der Waals surface area contributed by atoms with Gasteiger partial charge in [-0.05, 0) is 60.5 Å². The first-order chi connectivity index (χ1) is 17.4. The topological polar surface area (TPSA) is 80.3 Å². The Balaban J connectivity index is 1.48. The number of anilines is 2. The molecule has 3 aromatic carbocycles. The first-order valence-corrected chi connectivity index (χ1v) is 12.1. The Morgan fingerprint density at radius 2 is 1.83 bits per heavy atom. The summed E-state index contributed by atoms with van der Waals surface area (Å²) in [6, 6.07) is 15.0. The van der Waals surface area contributed by atoms with E-state index < -0.39 is 5.97 Å². The molecule has 0 atom stereocenters. The summed E-state index contributed by atoms with van der Waals surface area (Å²) in [5, 5.41) is 13.4. The highest BCUT2D eigenvalue weighted by Gasteiger charge is 2.19. The van der Waals surface area contributed by atoms with E-state index in [-0.39, 0.29) is 18.0 Å². The lowest BCUT2D eigenvalue weighted by atomic mass is 10.1. The average Bonchev–Trinajstić information content (AvgIpc) is 2.88. The summed E-state index contributed by atoms with van der Waals surface area (Å²) in [5.41, 5.74) is 3.23. The van der Waals surface area contributed by atoms with Crippen LogP contribution < -0.4 is 19.7 Å². The zero-order valence-corrected chi connectivity index (χ0v) is 20.7. The third-order valence-corrected chi connectivity index (χ3v) is 6.02. The molecule has 3 aromatic rings. The van der Waals surface area contributed by atoms with Gasteiger partial charge < -0.3 is 29.5 Å². The van der Waals surface area contributed by atoms with Gasteiger partial charge in [-0.3, -0.25) is 0 Å². The van der Waals surface area contributed by atoms with Crippen molar-refractivity contribution in [3.05, 3.63) is 82.1 Å². The molecule has 0 aliphatic carbocycles. The molecule has 7 nitrogen and oxygen atoms in total. The predicted molar refractivity (Wildman–Crippen MR) is 137 cm³/mol. The quantitative estimate of drug-likeness (QED) is 0.364. The number of rotatable bonds is 10. The molecule has 1 saturated heterocycles. The number of nitrogens with one attached hydrogen (secondary N) is 1. The molecule has 1 aliphatic rings. The zero-order valence-electron chi connectivity index (χ0n) is 19.9. The molecule has 1 heterocycles. The van der Waals surface area contributed by atoms with Crippen molar-refractivity contribution >= 4 is 28.9 Å². The number of benzene rings is 3. The molecular weight excluding hydrogens is 487 g/mol. The van der Waals surface area contributed by atoms with Crippen molar-refractivity contribution in [3.63, 3.8) is 0 Å². The van der Waals surface area contributed by atoms with Gasteiger partial charge in [-0.25, -0.2) is 9.18 Å². The van der Waals surface area contributed by atoms with E-state index in [2.05, 4.69) is 5.32 Å². The number of hydrogen-bond acceptors (Lipinski definition) is 6. The summed E-state index contributed by atoms with van der Waals surface area (Å²) in [5.74, 6) is -0.383. The molecule has 4 rings (SSSR count). The van der Waals surface area contributed by atoms with Crippen molar-refractivity contribution < 1.29 is 28.5 Å². The summed E-state index contributed by atoms with van der Waals surface area (Å²) in [6.07, 6.45) is 0. The largest absolute Gasteiger partial charge is 0.490 e. The van der Waals surface area contributed by atoms with Crippen molar-refractivity contribution in [2.24, 2.45) is 0 Å². The van der Waals surface area contributed by atoms with Gasteiger partial charge >= 0.3 is 5.97 Å². The molecule has 9 heteroatoms. The van der Waals surface area contributed by atoms with E-state index in [1.807, 2.05) is 30.0 Å². The second-order valence-corrected chi connectivity index (χ2v) is 8.65. The third-order valence-electron chi connectivity index (χ3n) is 5.74. The van der Waals surface area contributed by atoms with Gasteiger partial charge in [0.1, 0.15) is 12.4 Å². The lowest BCUT2D eigenvalue weighted by molar-refractivity contribution is 0.0696. The van der Waals surface area contributed by atoms with Crippen molar-refractivity contribution in [1.82, 2.24) is 0 Å². The molecule has 1 fully saturated rings. The molecule has 0 saturated carbocycles. The minimum Gasteiger partial charge on any atom is -0.490 e. The minimum atomic E-state index is -0.982. The van der Waals surface area contributed by atoms with E-state index >= 15 is 0 Å². The van der Waals surface area contributed by atoms with Gasteiger partial charge in [0.05, 0.1) is 36.1 Å². The fourth-order valence-corrected chi connectivity index (χ4v) is 4.25. The molecule has 190 valence electrons. The van der Waals surface area contributed by atoms with E-state index in [1.165, 1.54) is 12.1 Å². The Morgan fingerprint density at radius 3 is 2.53 bits per heavy atom. The number of carbonyl (C=O) groups is 1. The number of hydrogen-bond donors (Lipinski definition) is 2. The molecule has 0 aromatic heterocycles. The molecule has 0 unspecified atom stereocenters. The lowest BCUT2D eigenvalue weighted by Gasteiger charge is -2.30. The Kier molecular flexibility index (Phi) is 8.51. The van der Waals surface area contributed by atoms with Crippen molar-refractivity contribution in [3.8, 4) is 11.5 Å². The van der Waals surface area contributed by atoms with E-state index in [9.17, 15) is 14.3 Å². The second-order valence-electron chi connectivity index (χ2n) is 8.24. The molecule has 1 aliphatic heterocycles. The average molecular weight is 515 g/mol. The van der Waals surface area contributed by atoms with Crippen LogP contribution in [0.4, 0.5) is 15.8 Å². The monoisotopic (exact) mass is 514 g/mol. The maximum absolute atomic E-state index is 13.2. The van der Waals surface area contributed by atoms with E-state index in [1.54, 1.807) is 24.3 Å². The Bertz CT molecular complexity index is 1200. The van der Waals surface area contributed by atoms with Gasteiger partial charge in [-0.1, -0.05) is 23.7 Å². The van der Waals surface area contributed by atoms with Crippen molar-refractivity contribution in [1.29, 1.82) is 0 Å². The maximum Gasteiger partial charge on any atom is 0.337 e. The number of morpholine rings is 1. The van der Waals surface area contributed by atoms with Gasteiger partial charge in [-0.15, -0.1) is 0 Å². The summed E-state index contributed by atoms with van der Waals surface area (Å²) >= 11 is 6.53. The molecule has 0 amide bonds. The van der Waals surface area contributed by atoms with Crippen LogP contribution in [0.15, 0.2) is 54.6 Å². The number of carboxylic acid groups (broad SMARTS) is 1. The van der Waals surface area contributed by atoms with Crippen LogP contribution in [0.2, 0.25) is 5.02 Å². The lowest BCUT2D eigenvalue weighted by Crippen LogP contribution is -2.37. The molecule has 0 bridgehead atoms. The second kappa shape index (κ2) is 12.0. The van der Waals surface area contributed by atoms with Gasteiger partial charge in [0.2, 0.25) is 0 Å². The summed E-state index contributed by atoms with van der Waals surface area (Å²) in [6.45, 7) is 5.36. The fraction of sp³-hybridized carbons (Fsp3) is 0.296. The highest BCUT2D eigenvalue weighted by molar-refractivity contribution is 6.32. The third kappa shape index (κ3) is 6.38. The SMILES string of the molecule is CCOc1cc(CNc2ccc(N3CCOCC3)c(C(=O)O)c2)cc(Cl)c1OCc1ccc(F)cc1. The van der Waals surface area contributed by atoms with E-state index in [0.29, 0.717) is 67.4 Å². The van der Waals surface area contributed by atoms with Crippen LogP contribution in [0, 0.1) is 5.82 Å². The van der Waals surface area contributed by atoms with E-state index in [4.69, 9.17) is 25.8 Å².